The van der Waals surface area contributed by atoms with Crippen molar-refractivity contribution in [2.24, 2.45) is 5.92 Å². The van der Waals surface area contributed by atoms with Crippen LogP contribution in [-0.4, -0.2) is 32.7 Å². The van der Waals surface area contributed by atoms with E-state index in [0.29, 0.717) is 5.78 Å². The van der Waals surface area contributed by atoms with E-state index in [1.807, 2.05) is 6.92 Å². The second-order valence-electron chi connectivity index (χ2n) is 5.48. The number of piperidine rings is 1. The Morgan fingerprint density at radius 1 is 1.35 bits per heavy atom. The zero-order valence-corrected chi connectivity index (χ0v) is 11.9. The molecule has 0 aliphatic carbocycles. The minimum absolute atomic E-state index is 0.0671. The van der Waals surface area contributed by atoms with Gasteiger partial charge in [-0.25, -0.2) is 4.98 Å². The van der Waals surface area contributed by atoms with Gasteiger partial charge in [0, 0.05) is 12.5 Å². The van der Waals surface area contributed by atoms with Crippen molar-refractivity contribution in [1.29, 1.82) is 0 Å². The molecule has 1 aliphatic heterocycles. The molecule has 1 fully saturated rings. The molecule has 2 aromatic heterocycles. The zero-order chi connectivity index (χ0) is 13.9. The molecule has 6 heteroatoms. The van der Waals surface area contributed by atoms with Gasteiger partial charge in [0.15, 0.2) is 0 Å². The van der Waals surface area contributed by atoms with Crippen LogP contribution in [0.3, 0.4) is 0 Å². The molecule has 0 bridgehead atoms. The van der Waals surface area contributed by atoms with Gasteiger partial charge in [0.05, 0.1) is 5.69 Å². The molecular weight excluding hydrogens is 254 g/mol. The summed E-state index contributed by atoms with van der Waals surface area (Å²) in [5.74, 6) is 2.04. The molecule has 0 amide bonds. The molecule has 0 unspecified atom stereocenters. The Morgan fingerprint density at radius 2 is 2.15 bits per heavy atom. The van der Waals surface area contributed by atoms with Crippen molar-refractivity contribution in [3.8, 4) is 0 Å². The third-order valence-corrected chi connectivity index (χ3v) is 4.03. The maximum absolute atomic E-state index is 12.0. The normalized spacial score (nSPS) is 16.9. The summed E-state index contributed by atoms with van der Waals surface area (Å²) < 4.78 is 1.42. The van der Waals surface area contributed by atoms with Crippen LogP contribution >= 0.6 is 0 Å². The van der Waals surface area contributed by atoms with Crippen molar-refractivity contribution in [3.63, 3.8) is 0 Å². The first-order valence-corrected chi connectivity index (χ1v) is 7.44. The number of aromatic nitrogens is 4. The fourth-order valence-corrected chi connectivity index (χ4v) is 2.78. The number of aromatic amines is 1. The van der Waals surface area contributed by atoms with Crippen LogP contribution in [0.15, 0.2) is 10.9 Å². The van der Waals surface area contributed by atoms with Gasteiger partial charge < -0.3 is 5.32 Å². The number of hydrogen-bond donors (Lipinski definition) is 2. The number of rotatable bonds is 4. The van der Waals surface area contributed by atoms with Crippen molar-refractivity contribution in [1.82, 2.24) is 24.9 Å². The third-order valence-electron chi connectivity index (χ3n) is 4.03. The predicted octanol–water partition coefficient (Wildman–Crippen LogP) is 0.912. The number of fused-ring (bicyclic) bond motifs is 1. The first-order chi connectivity index (χ1) is 9.76. The van der Waals surface area contributed by atoms with Crippen LogP contribution in [0.1, 0.15) is 37.7 Å². The number of nitrogens with zero attached hydrogens (tertiary/aromatic N) is 3. The van der Waals surface area contributed by atoms with Gasteiger partial charge >= 0.3 is 0 Å². The molecule has 1 saturated heterocycles. The highest BCUT2D eigenvalue weighted by Crippen LogP contribution is 2.17. The van der Waals surface area contributed by atoms with Crippen LogP contribution in [0.5, 0.6) is 0 Å². The van der Waals surface area contributed by atoms with Gasteiger partial charge in [-0.3, -0.25) is 9.89 Å². The molecule has 108 valence electrons. The topological polar surface area (TPSA) is 75.1 Å². The lowest BCUT2D eigenvalue weighted by Crippen LogP contribution is -2.28. The Bertz CT molecular complexity index is 639. The maximum Gasteiger partial charge on any atom is 0.274 e. The van der Waals surface area contributed by atoms with E-state index in [1.54, 1.807) is 6.07 Å². The molecule has 2 N–H and O–H groups in total. The van der Waals surface area contributed by atoms with Crippen molar-refractivity contribution < 1.29 is 0 Å². The van der Waals surface area contributed by atoms with Crippen LogP contribution in [-0.2, 0) is 12.8 Å². The second-order valence-corrected chi connectivity index (χ2v) is 5.48. The molecule has 0 spiro atoms. The smallest absolute Gasteiger partial charge is 0.274 e. The minimum atomic E-state index is -0.0671. The summed E-state index contributed by atoms with van der Waals surface area (Å²) >= 11 is 0. The molecule has 0 saturated carbocycles. The van der Waals surface area contributed by atoms with E-state index < -0.39 is 0 Å². The Labute approximate surface area is 117 Å². The fourth-order valence-electron chi connectivity index (χ4n) is 2.78. The van der Waals surface area contributed by atoms with Crippen molar-refractivity contribution in [3.05, 3.63) is 27.9 Å². The fraction of sp³-hybridized carbons (Fsp3) is 0.643. The molecule has 2 aromatic rings. The Kier molecular flexibility index (Phi) is 3.82. The second kappa shape index (κ2) is 5.75. The van der Waals surface area contributed by atoms with Gasteiger partial charge in [-0.05, 0) is 44.7 Å². The van der Waals surface area contributed by atoms with E-state index in [9.17, 15) is 4.79 Å². The molecule has 0 atom stereocenters. The molecule has 3 rings (SSSR count). The summed E-state index contributed by atoms with van der Waals surface area (Å²) in [6.07, 6.45) is 5.19. The summed E-state index contributed by atoms with van der Waals surface area (Å²) in [5, 5.41) is 6.34. The summed E-state index contributed by atoms with van der Waals surface area (Å²) in [6.45, 7) is 4.22. The highest BCUT2D eigenvalue weighted by atomic mass is 16.1. The number of hydrogen-bond acceptors (Lipinski definition) is 4. The minimum Gasteiger partial charge on any atom is -0.317 e. The lowest BCUT2D eigenvalue weighted by molar-refractivity contribution is 0.353. The molecule has 6 nitrogen and oxygen atoms in total. The summed E-state index contributed by atoms with van der Waals surface area (Å²) in [5.41, 5.74) is 0.796. The number of nitrogens with one attached hydrogen (secondary N) is 2. The molecule has 1 aliphatic rings. The van der Waals surface area contributed by atoms with Crippen LogP contribution in [0.4, 0.5) is 0 Å². The lowest BCUT2D eigenvalue weighted by atomic mass is 9.92. The van der Waals surface area contributed by atoms with Crippen molar-refractivity contribution in [2.75, 3.05) is 13.1 Å². The van der Waals surface area contributed by atoms with Gasteiger partial charge in [-0.2, -0.15) is 9.50 Å². The SMILES string of the molecule is CCc1nc2nc(CCC3CCNCC3)cc(=O)n2[nH]1. The number of H-pyrrole nitrogens is 1. The third kappa shape index (κ3) is 2.75. The molecule has 20 heavy (non-hydrogen) atoms. The van der Waals surface area contributed by atoms with Crippen LogP contribution in [0.25, 0.3) is 5.78 Å². The van der Waals surface area contributed by atoms with E-state index in [1.165, 1.54) is 17.4 Å². The standard InChI is InChI=1S/C14H21N5O/c1-2-12-17-14-16-11(9-13(20)19(14)18-12)4-3-10-5-7-15-8-6-10/h9-10,15H,2-8H2,1H3,(H,16,17,18). The highest BCUT2D eigenvalue weighted by Gasteiger charge is 2.14. The maximum atomic E-state index is 12.0. The average Bonchev–Trinajstić information content (AvgIpc) is 2.90. The molecule has 0 aromatic carbocycles. The Hall–Kier alpha value is -1.69. The van der Waals surface area contributed by atoms with Gasteiger partial charge in [-0.1, -0.05) is 6.92 Å². The molecular formula is C14H21N5O. The van der Waals surface area contributed by atoms with Gasteiger partial charge in [0.1, 0.15) is 5.82 Å². The first kappa shape index (κ1) is 13.3. The van der Waals surface area contributed by atoms with Gasteiger partial charge in [0.25, 0.3) is 11.3 Å². The van der Waals surface area contributed by atoms with Gasteiger partial charge in [0.2, 0.25) is 0 Å². The summed E-state index contributed by atoms with van der Waals surface area (Å²) in [4.78, 5) is 20.8. The summed E-state index contributed by atoms with van der Waals surface area (Å²) in [7, 11) is 0. The van der Waals surface area contributed by atoms with Crippen LogP contribution < -0.4 is 10.9 Å². The Balaban J connectivity index is 1.76. The van der Waals surface area contributed by atoms with E-state index in [2.05, 4.69) is 20.4 Å². The Morgan fingerprint density at radius 3 is 2.90 bits per heavy atom. The molecule has 0 radical (unpaired) electrons. The van der Waals surface area contributed by atoms with Crippen LogP contribution in [0.2, 0.25) is 0 Å². The lowest BCUT2D eigenvalue weighted by Gasteiger charge is -2.22. The zero-order valence-electron chi connectivity index (χ0n) is 11.9. The van der Waals surface area contributed by atoms with E-state index >= 15 is 0 Å². The largest absolute Gasteiger partial charge is 0.317 e. The van der Waals surface area contributed by atoms with E-state index in [0.717, 1.165) is 49.8 Å². The van der Waals surface area contributed by atoms with Crippen molar-refractivity contribution in [2.45, 2.75) is 39.0 Å². The quantitative estimate of drug-likeness (QED) is 0.870. The molecule has 3 heterocycles. The average molecular weight is 275 g/mol. The predicted molar refractivity (Wildman–Crippen MR) is 76.9 cm³/mol. The van der Waals surface area contributed by atoms with E-state index in [4.69, 9.17) is 0 Å². The summed E-state index contributed by atoms with van der Waals surface area (Å²) in [6, 6.07) is 1.63. The van der Waals surface area contributed by atoms with Crippen molar-refractivity contribution >= 4 is 5.78 Å². The monoisotopic (exact) mass is 275 g/mol. The highest BCUT2D eigenvalue weighted by molar-refractivity contribution is 5.28. The first-order valence-electron chi connectivity index (χ1n) is 7.44. The van der Waals surface area contributed by atoms with E-state index in [-0.39, 0.29) is 5.56 Å². The van der Waals surface area contributed by atoms with Gasteiger partial charge in [-0.15, -0.1) is 0 Å². The van der Waals surface area contributed by atoms with Crippen LogP contribution in [0, 0.1) is 5.92 Å². The number of aryl methyl sites for hydroxylation is 2.